The first-order valence-electron chi connectivity index (χ1n) is 7.69. The summed E-state index contributed by atoms with van der Waals surface area (Å²) in [7, 11) is 1.73. The lowest BCUT2D eigenvalue weighted by atomic mass is 10.0. The van der Waals surface area contributed by atoms with Crippen LogP contribution in [0.5, 0.6) is 0 Å². The Hall–Kier alpha value is -3.08. The number of alkyl carbamates (subject to hydrolysis) is 1. The van der Waals surface area contributed by atoms with Crippen LogP contribution in [0.15, 0.2) is 18.2 Å². The number of fused-ring (bicyclic) bond motifs is 1. The quantitative estimate of drug-likeness (QED) is 0.875. The Bertz CT molecular complexity index is 858. The normalized spacial score (nSPS) is 12.4. The molecule has 0 spiro atoms. The number of rotatable bonds is 4. The smallest absolute Gasteiger partial charge is 0.408 e. The molecule has 1 aromatic heterocycles. The molecule has 0 aliphatic carbocycles. The van der Waals surface area contributed by atoms with Crippen molar-refractivity contribution in [3.63, 3.8) is 0 Å². The van der Waals surface area contributed by atoms with Crippen molar-refractivity contribution in [1.29, 1.82) is 5.26 Å². The van der Waals surface area contributed by atoms with E-state index >= 15 is 0 Å². The van der Waals surface area contributed by atoms with E-state index in [0.29, 0.717) is 10.9 Å². The zero-order valence-electron chi connectivity index (χ0n) is 14.5. The molecule has 0 bridgehead atoms. The Morgan fingerprint density at radius 2 is 2.12 bits per heavy atom. The van der Waals surface area contributed by atoms with Crippen LogP contribution in [0.4, 0.5) is 4.79 Å². The monoisotopic (exact) mass is 344 g/mol. The summed E-state index contributed by atoms with van der Waals surface area (Å²) in [5.41, 5.74) is 0.989. The van der Waals surface area contributed by atoms with Crippen LogP contribution in [0.25, 0.3) is 10.9 Å². The van der Waals surface area contributed by atoms with Crippen molar-refractivity contribution in [3.8, 4) is 6.07 Å². The minimum absolute atomic E-state index is 0.0598. The molecule has 25 heavy (non-hydrogen) atoms. The number of carbonyl (C=O) groups is 2. The first-order valence-corrected chi connectivity index (χ1v) is 7.69. The van der Waals surface area contributed by atoms with E-state index in [1.54, 1.807) is 50.7 Å². The predicted molar refractivity (Wildman–Crippen MR) is 89.9 cm³/mol. The number of nitriles is 1. The van der Waals surface area contributed by atoms with Crippen molar-refractivity contribution in [1.82, 2.24) is 15.1 Å². The molecule has 0 aliphatic rings. The molecule has 1 heterocycles. The molecular weight excluding hydrogens is 324 g/mol. The Kier molecular flexibility index (Phi) is 4.97. The third-order valence-electron chi connectivity index (χ3n) is 3.45. The average Bonchev–Trinajstić information content (AvgIpc) is 2.80. The Morgan fingerprint density at radius 3 is 2.68 bits per heavy atom. The summed E-state index contributed by atoms with van der Waals surface area (Å²) in [4.78, 5) is 23.3. The van der Waals surface area contributed by atoms with Crippen LogP contribution < -0.4 is 5.32 Å². The number of aromatic nitrogens is 2. The molecule has 8 nitrogen and oxygen atoms in total. The number of carboxylic acid groups (broad SMARTS) is 1. The molecule has 0 aliphatic heterocycles. The van der Waals surface area contributed by atoms with E-state index in [2.05, 4.69) is 10.4 Å². The molecule has 1 amide bonds. The maximum absolute atomic E-state index is 11.8. The molecule has 8 heteroatoms. The lowest BCUT2D eigenvalue weighted by Crippen LogP contribution is -2.44. The van der Waals surface area contributed by atoms with Crippen LogP contribution in [-0.2, 0) is 23.0 Å². The van der Waals surface area contributed by atoms with Gasteiger partial charge in [-0.3, -0.25) is 4.68 Å². The fraction of sp³-hybridized carbons (Fsp3) is 0.412. The molecule has 0 radical (unpaired) electrons. The topological polar surface area (TPSA) is 117 Å². The van der Waals surface area contributed by atoms with Crippen molar-refractivity contribution < 1.29 is 19.4 Å². The Balaban J connectivity index is 2.22. The van der Waals surface area contributed by atoms with Gasteiger partial charge in [0.1, 0.15) is 17.7 Å². The van der Waals surface area contributed by atoms with Crippen LogP contribution >= 0.6 is 0 Å². The summed E-state index contributed by atoms with van der Waals surface area (Å²) in [6, 6.07) is 6.10. The van der Waals surface area contributed by atoms with Crippen LogP contribution in [-0.4, -0.2) is 38.6 Å². The number of hydrogen-bond donors (Lipinski definition) is 2. The van der Waals surface area contributed by atoms with Gasteiger partial charge in [-0.15, -0.1) is 0 Å². The van der Waals surface area contributed by atoms with Gasteiger partial charge in [0.15, 0.2) is 5.69 Å². The Labute approximate surface area is 145 Å². The van der Waals surface area contributed by atoms with E-state index in [-0.39, 0.29) is 12.1 Å². The average molecular weight is 344 g/mol. The molecule has 1 aromatic carbocycles. The molecule has 2 aromatic rings. The van der Waals surface area contributed by atoms with Crippen LogP contribution in [0.1, 0.15) is 32.0 Å². The maximum Gasteiger partial charge on any atom is 0.408 e. The minimum Gasteiger partial charge on any atom is -0.480 e. The van der Waals surface area contributed by atoms with Gasteiger partial charge in [-0.25, -0.2) is 9.59 Å². The van der Waals surface area contributed by atoms with Crippen LogP contribution in [0.2, 0.25) is 0 Å². The highest BCUT2D eigenvalue weighted by Gasteiger charge is 2.24. The maximum atomic E-state index is 11.8. The number of carbonyl (C=O) groups excluding carboxylic acids is 1. The van der Waals surface area contributed by atoms with Crippen LogP contribution in [0, 0.1) is 11.3 Å². The van der Waals surface area contributed by atoms with Gasteiger partial charge in [0.25, 0.3) is 0 Å². The van der Waals surface area contributed by atoms with Gasteiger partial charge in [0.05, 0.1) is 5.52 Å². The number of aryl methyl sites for hydroxylation is 1. The minimum atomic E-state index is -1.17. The second-order valence-electron chi connectivity index (χ2n) is 6.68. The van der Waals surface area contributed by atoms with Crippen molar-refractivity contribution in [2.45, 2.75) is 38.8 Å². The first kappa shape index (κ1) is 18.3. The number of hydrogen-bond acceptors (Lipinski definition) is 5. The second kappa shape index (κ2) is 6.81. The molecule has 2 rings (SSSR count). The highest BCUT2D eigenvalue weighted by molar-refractivity contribution is 5.85. The summed E-state index contributed by atoms with van der Waals surface area (Å²) in [6.07, 6.45) is -0.732. The van der Waals surface area contributed by atoms with E-state index in [4.69, 9.17) is 10.00 Å². The zero-order valence-corrected chi connectivity index (χ0v) is 14.5. The van der Waals surface area contributed by atoms with E-state index < -0.39 is 23.7 Å². The highest BCUT2D eigenvalue weighted by atomic mass is 16.6. The fourth-order valence-electron chi connectivity index (χ4n) is 2.41. The number of aliphatic carboxylic acids is 1. The largest absolute Gasteiger partial charge is 0.480 e. The SMILES string of the molecule is Cn1nc(C#N)c2cc(C[C@H](NC(=O)OC(C)(C)C)C(=O)O)ccc21. The molecule has 1 atom stereocenters. The first-order chi connectivity index (χ1) is 11.6. The third kappa shape index (κ3) is 4.47. The molecule has 0 unspecified atom stereocenters. The summed E-state index contributed by atoms with van der Waals surface area (Å²) in [5.74, 6) is -1.17. The number of benzene rings is 1. The second-order valence-corrected chi connectivity index (χ2v) is 6.68. The van der Waals surface area contributed by atoms with E-state index in [9.17, 15) is 14.7 Å². The number of amides is 1. The standard InChI is InChI=1S/C17H20N4O4/c1-17(2,3)25-16(24)19-12(15(22)23)8-10-5-6-14-11(7-10)13(9-18)20-21(14)4/h5-7,12H,8H2,1-4H3,(H,19,24)(H,22,23)/t12-/m0/s1. The van der Waals surface area contributed by atoms with Crippen molar-refractivity contribution >= 4 is 23.0 Å². The molecule has 0 fully saturated rings. The molecular formula is C17H20N4O4. The number of nitrogens with zero attached hydrogens (tertiary/aromatic N) is 3. The molecule has 0 saturated heterocycles. The highest BCUT2D eigenvalue weighted by Crippen LogP contribution is 2.20. The lowest BCUT2D eigenvalue weighted by molar-refractivity contribution is -0.139. The van der Waals surface area contributed by atoms with Gasteiger partial charge in [-0.1, -0.05) is 6.07 Å². The van der Waals surface area contributed by atoms with Crippen molar-refractivity contribution in [2.75, 3.05) is 0 Å². The van der Waals surface area contributed by atoms with Gasteiger partial charge in [0.2, 0.25) is 0 Å². The summed E-state index contributed by atoms with van der Waals surface area (Å²) < 4.78 is 6.68. The van der Waals surface area contributed by atoms with Gasteiger partial charge in [-0.05, 0) is 38.5 Å². The predicted octanol–water partition coefficient (Wildman–Crippen LogP) is 1.97. The third-order valence-corrected chi connectivity index (χ3v) is 3.45. The molecule has 0 saturated carbocycles. The number of ether oxygens (including phenoxy) is 1. The lowest BCUT2D eigenvalue weighted by Gasteiger charge is -2.22. The van der Waals surface area contributed by atoms with E-state index in [0.717, 1.165) is 5.52 Å². The number of carboxylic acids is 1. The van der Waals surface area contributed by atoms with Gasteiger partial charge in [-0.2, -0.15) is 10.4 Å². The van der Waals surface area contributed by atoms with E-state index in [1.807, 2.05) is 6.07 Å². The zero-order chi connectivity index (χ0) is 18.8. The summed E-state index contributed by atoms with van der Waals surface area (Å²) in [5, 5.41) is 25.6. The van der Waals surface area contributed by atoms with Gasteiger partial charge < -0.3 is 15.2 Å². The molecule has 132 valence electrons. The van der Waals surface area contributed by atoms with Crippen molar-refractivity contribution in [2.24, 2.45) is 7.05 Å². The van der Waals surface area contributed by atoms with Crippen LogP contribution in [0.3, 0.4) is 0 Å². The Morgan fingerprint density at radius 1 is 1.44 bits per heavy atom. The van der Waals surface area contributed by atoms with Gasteiger partial charge >= 0.3 is 12.1 Å². The van der Waals surface area contributed by atoms with Crippen molar-refractivity contribution in [3.05, 3.63) is 29.5 Å². The summed E-state index contributed by atoms with van der Waals surface area (Å²) in [6.45, 7) is 5.09. The van der Waals surface area contributed by atoms with E-state index in [1.165, 1.54) is 0 Å². The summed E-state index contributed by atoms with van der Waals surface area (Å²) >= 11 is 0. The van der Waals surface area contributed by atoms with Gasteiger partial charge in [0, 0.05) is 18.9 Å². The number of nitrogens with one attached hydrogen (secondary N) is 1. The molecule has 2 N–H and O–H groups in total. The fourth-order valence-corrected chi connectivity index (χ4v) is 2.41.